The van der Waals surface area contributed by atoms with Crippen LogP contribution in [0.1, 0.15) is 47.0 Å². The molecule has 12 heteroatoms. The van der Waals surface area contributed by atoms with Crippen LogP contribution in [-0.4, -0.2) is 76.9 Å². The van der Waals surface area contributed by atoms with E-state index < -0.39 is 6.10 Å². The average Bonchev–Trinajstić information content (AvgIpc) is 3.76. The number of hydrogen-bond donors (Lipinski definition) is 3. The monoisotopic (exact) mass is 772 g/mol. The van der Waals surface area contributed by atoms with Gasteiger partial charge in [-0.2, -0.15) is 5.10 Å². The minimum Gasteiger partial charge on any atom is -0.484 e. The van der Waals surface area contributed by atoms with Crippen LogP contribution in [0, 0.1) is 12.7 Å². The van der Waals surface area contributed by atoms with Crippen molar-refractivity contribution in [3.63, 3.8) is 0 Å². The Labute approximate surface area is 335 Å². The van der Waals surface area contributed by atoms with Crippen LogP contribution < -0.4 is 21.5 Å². The van der Waals surface area contributed by atoms with Gasteiger partial charge < -0.3 is 26.4 Å². The highest BCUT2D eigenvalue weighted by molar-refractivity contribution is 5.95. The van der Waals surface area contributed by atoms with Gasteiger partial charge in [0.25, 0.3) is 5.91 Å². The van der Waals surface area contributed by atoms with E-state index in [1.807, 2.05) is 91.5 Å². The summed E-state index contributed by atoms with van der Waals surface area (Å²) in [5.41, 5.74) is 16.5. The Morgan fingerprint density at radius 3 is 2.23 bits per heavy atom. The molecule has 1 unspecified atom stereocenters. The van der Waals surface area contributed by atoms with Crippen LogP contribution in [0.15, 0.2) is 145 Å². The summed E-state index contributed by atoms with van der Waals surface area (Å²) in [6.07, 6.45) is 7.63. The van der Waals surface area contributed by atoms with Crippen LogP contribution in [0.3, 0.4) is 0 Å². The highest BCUT2D eigenvalue weighted by Crippen LogP contribution is 2.26. The summed E-state index contributed by atoms with van der Waals surface area (Å²) in [5.74, 6) is -0.0920. The molecule has 0 aliphatic carbocycles. The first-order valence-electron chi connectivity index (χ1n) is 19.0. The van der Waals surface area contributed by atoms with Gasteiger partial charge in [0.15, 0.2) is 0 Å². The van der Waals surface area contributed by atoms with E-state index >= 15 is 0 Å². The van der Waals surface area contributed by atoms with Gasteiger partial charge in [-0.15, -0.1) is 0 Å². The number of benzene rings is 4. The molecule has 1 aliphatic heterocycles. The number of ether oxygens (including phenoxy) is 1. The first-order chi connectivity index (χ1) is 27.8. The molecular formula is C45H53FN8O3. The molecule has 2 amide bonds. The number of nitrogens with zero attached hydrogens (tertiary/aromatic N) is 5. The van der Waals surface area contributed by atoms with E-state index in [1.165, 1.54) is 18.3 Å². The standard InChI is InChI=1S/C33H36FN5O3.C10H11N3.C2H6/c1-3-32(40)39-17-15-38(16-18-39)23-31(27-10-9-24(2)30(34)19-27)42-29-13-11-26(12-14-29)33(41)37-22-25(20-35)21-36-28-7-5-4-6-8-28;11-6-9-7-12-13(8-9)10-4-2-1-3-5-10;1-2/h3-14,19-21,31H,1,15-18,22-23,35H2,2H3,(H,37,41);1-5,7-8H,6,11H2;1-2H3/b25-20+,36-21?;;. The third kappa shape index (κ3) is 13.4. The average molecular weight is 773 g/mol. The zero-order valence-corrected chi connectivity index (χ0v) is 32.9. The molecule has 6 rings (SSSR count). The number of piperazine rings is 1. The van der Waals surface area contributed by atoms with Gasteiger partial charge in [-0.1, -0.05) is 69.0 Å². The molecule has 1 saturated heterocycles. The topological polar surface area (TPSA) is 144 Å². The molecule has 2 heterocycles. The number of aryl methyl sites for hydroxylation is 1. The molecule has 11 nitrogen and oxygen atoms in total. The highest BCUT2D eigenvalue weighted by Gasteiger charge is 2.24. The normalized spacial score (nSPS) is 13.4. The molecular weight excluding hydrogens is 720 g/mol. The smallest absolute Gasteiger partial charge is 0.251 e. The maximum Gasteiger partial charge on any atom is 0.251 e. The van der Waals surface area contributed by atoms with Crippen molar-refractivity contribution in [2.45, 2.75) is 33.4 Å². The van der Waals surface area contributed by atoms with E-state index in [9.17, 15) is 14.0 Å². The Hall–Kier alpha value is -6.37. The SMILES string of the molecule is C=CC(=O)N1CCN(CC(Oc2ccc(C(=O)NC/C(C=Nc3ccccc3)=C/N)cc2)c2ccc(C)c(F)c2)CC1.CC.NCc1cnn(-c2ccccc2)c1. The minimum absolute atomic E-state index is 0.0808. The zero-order valence-electron chi connectivity index (χ0n) is 32.9. The summed E-state index contributed by atoms with van der Waals surface area (Å²) < 4.78 is 22.6. The van der Waals surface area contributed by atoms with Crippen LogP contribution in [0.4, 0.5) is 10.1 Å². The lowest BCUT2D eigenvalue weighted by Gasteiger charge is -2.36. The highest BCUT2D eigenvalue weighted by atomic mass is 19.1. The first kappa shape index (κ1) is 43.4. The number of carbonyl (C=O) groups is 2. The predicted molar refractivity (Wildman–Crippen MR) is 226 cm³/mol. The van der Waals surface area contributed by atoms with E-state index in [0.717, 1.165) is 16.9 Å². The van der Waals surface area contributed by atoms with Gasteiger partial charge in [-0.3, -0.25) is 19.5 Å². The number of rotatable bonds is 13. The van der Waals surface area contributed by atoms with Gasteiger partial charge in [0.05, 0.1) is 17.6 Å². The predicted octanol–water partition coefficient (Wildman–Crippen LogP) is 6.92. The number of para-hydroxylation sites is 2. The van der Waals surface area contributed by atoms with Crippen molar-refractivity contribution in [2.75, 3.05) is 39.3 Å². The quantitative estimate of drug-likeness (QED) is 0.0871. The summed E-state index contributed by atoms with van der Waals surface area (Å²) in [5, 5.41) is 7.05. The van der Waals surface area contributed by atoms with Crippen molar-refractivity contribution in [3.8, 4) is 11.4 Å². The van der Waals surface area contributed by atoms with Crippen LogP contribution >= 0.6 is 0 Å². The molecule has 5 N–H and O–H groups in total. The van der Waals surface area contributed by atoms with E-state index in [4.69, 9.17) is 16.2 Å². The van der Waals surface area contributed by atoms with Gasteiger partial charge in [0.2, 0.25) is 5.91 Å². The second kappa shape index (κ2) is 22.9. The van der Waals surface area contributed by atoms with Crippen LogP contribution in [0.25, 0.3) is 5.69 Å². The largest absolute Gasteiger partial charge is 0.484 e. The summed E-state index contributed by atoms with van der Waals surface area (Å²) in [7, 11) is 0. The Bertz CT molecular complexity index is 2060. The summed E-state index contributed by atoms with van der Waals surface area (Å²) >= 11 is 0. The molecule has 0 saturated carbocycles. The third-order valence-corrected chi connectivity index (χ3v) is 8.94. The summed E-state index contributed by atoms with van der Waals surface area (Å²) in [6.45, 7) is 13.1. The van der Waals surface area contributed by atoms with Crippen molar-refractivity contribution < 1.29 is 18.7 Å². The Kier molecular flexibility index (Phi) is 17.4. The number of nitrogens with two attached hydrogens (primary N) is 2. The molecule has 1 aromatic heterocycles. The number of halogens is 1. The van der Waals surface area contributed by atoms with Crippen molar-refractivity contribution in [2.24, 2.45) is 16.5 Å². The van der Waals surface area contributed by atoms with Gasteiger partial charge >= 0.3 is 0 Å². The van der Waals surface area contributed by atoms with Crippen LogP contribution in [0.5, 0.6) is 5.75 Å². The molecule has 1 aliphatic rings. The van der Waals surface area contributed by atoms with Crippen molar-refractivity contribution >= 4 is 23.7 Å². The fourth-order valence-electron chi connectivity index (χ4n) is 5.67. The fourth-order valence-corrected chi connectivity index (χ4v) is 5.67. The first-order valence-corrected chi connectivity index (χ1v) is 19.0. The second-order valence-electron chi connectivity index (χ2n) is 12.8. The van der Waals surface area contributed by atoms with Gasteiger partial charge in [0.1, 0.15) is 17.7 Å². The summed E-state index contributed by atoms with van der Waals surface area (Å²) in [4.78, 5) is 33.1. The molecule has 0 bridgehead atoms. The Morgan fingerprint density at radius 1 is 0.965 bits per heavy atom. The Balaban J connectivity index is 0.000000400. The third-order valence-electron chi connectivity index (χ3n) is 8.94. The van der Waals surface area contributed by atoms with Crippen molar-refractivity contribution in [1.82, 2.24) is 24.9 Å². The number of nitrogens with one attached hydrogen (secondary N) is 1. The number of amides is 2. The maximum absolute atomic E-state index is 14.5. The van der Waals surface area contributed by atoms with Crippen molar-refractivity contribution in [3.05, 3.63) is 168 Å². The van der Waals surface area contributed by atoms with Gasteiger partial charge in [-0.25, -0.2) is 9.07 Å². The van der Waals surface area contributed by atoms with Gasteiger partial charge in [0, 0.05) is 81.1 Å². The lowest BCUT2D eigenvalue weighted by atomic mass is 10.1. The number of aromatic nitrogens is 2. The molecule has 1 fully saturated rings. The van der Waals surface area contributed by atoms with E-state index in [2.05, 4.69) is 26.9 Å². The molecule has 57 heavy (non-hydrogen) atoms. The molecule has 298 valence electrons. The van der Waals surface area contributed by atoms with E-state index in [1.54, 1.807) is 54.6 Å². The molecule has 4 aromatic carbocycles. The number of carbonyl (C=O) groups excluding carboxylic acids is 2. The lowest BCUT2D eigenvalue weighted by molar-refractivity contribution is -0.127. The fraction of sp³-hybridized carbons (Fsp3) is 0.244. The van der Waals surface area contributed by atoms with E-state index in [-0.39, 0.29) is 24.2 Å². The van der Waals surface area contributed by atoms with Gasteiger partial charge in [-0.05, 0) is 78.7 Å². The zero-order chi connectivity index (χ0) is 41.0. The van der Waals surface area contributed by atoms with Crippen LogP contribution in [-0.2, 0) is 11.3 Å². The lowest BCUT2D eigenvalue weighted by Crippen LogP contribution is -2.49. The van der Waals surface area contributed by atoms with Crippen LogP contribution in [0.2, 0.25) is 0 Å². The maximum atomic E-state index is 14.5. The number of aliphatic imine (C=N–C) groups is 1. The molecule has 0 radical (unpaired) electrons. The van der Waals surface area contributed by atoms with Crippen molar-refractivity contribution in [1.29, 1.82) is 0 Å². The Morgan fingerprint density at radius 2 is 1.63 bits per heavy atom. The molecule has 1 atom stereocenters. The second-order valence-corrected chi connectivity index (χ2v) is 12.8. The number of hydrogen-bond acceptors (Lipinski definition) is 8. The molecule has 5 aromatic rings. The van der Waals surface area contributed by atoms with E-state index in [0.29, 0.717) is 67.3 Å². The summed E-state index contributed by atoms with van der Waals surface area (Å²) in [6, 6.07) is 31.3. The minimum atomic E-state index is -0.456. The molecule has 0 spiro atoms.